The Balaban J connectivity index is 2.19. The first-order valence-corrected chi connectivity index (χ1v) is 5.64. The van der Waals surface area contributed by atoms with Gasteiger partial charge in [-0.2, -0.15) is 0 Å². The van der Waals surface area contributed by atoms with Crippen LogP contribution in [0.15, 0.2) is 36.5 Å². The van der Waals surface area contributed by atoms with Gasteiger partial charge in [-0.15, -0.1) is 0 Å². The summed E-state index contributed by atoms with van der Waals surface area (Å²) in [5.41, 5.74) is 2.30. The van der Waals surface area contributed by atoms with Crippen molar-refractivity contribution < 1.29 is 4.79 Å². The summed E-state index contributed by atoms with van der Waals surface area (Å²) in [5, 5.41) is 3.46. The van der Waals surface area contributed by atoms with Gasteiger partial charge in [0.25, 0.3) is 5.91 Å². The normalized spacial score (nSPS) is 10.3. The lowest BCUT2D eigenvalue weighted by atomic mass is 10.2. The Bertz CT molecular complexity index is 560. The van der Waals surface area contributed by atoms with Gasteiger partial charge < -0.3 is 9.88 Å². The van der Waals surface area contributed by atoms with Crippen molar-refractivity contribution in [3.05, 3.63) is 52.8 Å². The lowest BCUT2D eigenvalue weighted by Gasteiger charge is -2.07. The van der Waals surface area contributed by atoms with Crippen LogP contribution in [0.2, 0.25) is 5.02 Å². The van der Waals surface area contributed by atoms with E-state index in [4.69, 9.17) is 11.6 Å². The minimum Gasteiger partial charge on any atom is -0.347 e. The molecule has 0 aliphatic heterocycles. The van der Waals surface area contributed by atoms with Crippen LogP contribution in [0.3, 0.4) is 0 Å². The molecule has 0 saturated heterocycles. The van der Waals surface area contributed by atoms with Crippen LogP contribution in [-0.4, -0.2) is 10.5 Å². The average Bonchev–Trinajstić information content (AvgIpc) is 2.70. The van der Waals surface area contributed by atoms with Gasteiger partial charge >= 0.3 is 0 Å². The van der Waals surface area contributed by atoms with Gasteiger partial charge in [0.15, 0.2) is 0 Å². The van der Waals surface area contributed by atoms with Crippen molar-refractivity contribution in [1.29, 1.82) is 0 Å². The summed E-state index contributed by atoms with van der Waals surface area (Å²) < 4.78 is 1.77. The van der Waals surface area contributed by atoms with Crippen molar-refractivity contribution in [3.63, 3.8) is 0 Å². The largest absolute Gasteiger partial charge is 0.347 e. The van der Waals surface area contributed by atoms with Crippen LogP contribution >= 0.6 is 11.6 Å². The third-order valence-electron chi connectivity index (χ3n) is 2.61. The van der Waals surface area contributed by atoms with Gasteiger partial charge in [-0.1, -0.05) is 17.7 Å². The van der Waals surface area contributed by atoms with Crippen molar-refractivity contribution >= 4 is 23.2 Å². The van der Waals surface area contributed by atoms with E-state index in [0.717, 1.165) is 5.56 Å². The van der Waals surface area contributed by atoms with Crippen molar-refractivity contribution in [2.75, 3.05) is 5.32 Å². The number of hydrogen-bond donors (Lipinski definition) is 1. The van der Waals surface area contributed by atoms with E-state index in [0.29, 0.717) is 16.4 Å². The highest BCUT2D eigenvalue weighted by Gasteiger charge is 2.09. The number of nitrogens with one attached hydrogen (secondary N) is 1. The SMILES string of the molecule is Cc1ccc(NC(=O)c2cccn2C)cc1Cl. The maximum atomic E-state index is 11.9. The Kier molecular flexibility index (Phi) is 3.20. The first-order chi connectivity index (χ1) is 8.08. The molecule has 1 N–H and O–H groups in total. The van der Waals surface area contributed by atoms with Gasteiger partial charge in [-0.3, -0.25) is 4.79 Å². The standard InChI is InChI=1S/C13H13ClN2O/c1-9-5-6-10(8-11(9)14)15-13(17)12-4-3-7-16(12)2/h3-8H,1-2H3,(H,15,17). The molecule has 1 amide bonds. The monoisotopic (exact) mass is 248 g/mol. The molecule has 0 saturated carbocycles. The zero-order chi connectivity index (χ0) is 12.4. The van der Waals surface area contributed by atoms with Gasteiger partial charge in [0.05, 0.1) is 0 Å². The molecule has 0 fully saturated rings. The average molecular weight is 249 g/mol. The Morgan fingerprint density at radius 1 is 1.35 bits per heavy atom. The summed E-state index contributed by atoms with van der Waals surface area (Å²) >= 11 is 6.00. The maximum absolute atomic E-state index is 11.9. The predicted molar refractivity (Wildman–Crippen MR) is 69.6 cm³/mol. The molecule has 17 heavy (non-hydrogen) atoms. The molecule has 3 nitrogen and oxygen atoms in total. The topological polar surface area (TPSA) is 34.0 Å². The lowest BCUT2D eigenvalue weighted by Crippen LogP contribution is -2.15. The molecule has 0 aliphatic rings. The fraction of sp³-hybridized carbons (Fsp3) is 0.154. The molecule has 1 heterocycles. The number of halogens is 1. The van der Waals surface area contributed by atoms with E-state index in [9.17, 15) is 4.79 Å². The highest BCUT2D eigenvalue weighted by molar-refractivity contribution is 6.31. The number of carbonyl (C=O) groups is 1. The van der Waals surface area contributed by atoms with E-state index in [-0.39, 0.29) is 5.91 Å². The van der Waals surface area contributed by atoms with E-state index < -0.39 is 0 Å². The second-order valence-corrected chi connectivity index (χ2v) is 4.33. The van der Waals surface area contributed by atoms with Gasteiger partial charge in [-0.05, 0) is 36.8 Å². The minimum atomic E-state index is -0.141. The summed E-state index contributed by atoms with van der Waals surface area (Å²) in [6, 6.07) is 9.06. The number of nitrogens with zero attached hydrogens (tertiary/aromatic N) is 1. The number of anilines is 1. The highest BCUT2D eigenvalue weighted by atomic mass is 35.5. The molecule has 0 aliphatic carbocycles. The molecule has 2 rings (SSSR count). The van der Waals surface area contributed by atoms with E-state index in [1.54, 1.807) is 16.7 Å². The van der Waals surface area contributed by atoms with E-state index in [1.807, 2.05) is 38.4 Å². The van der Waals surface area contributed by atoms with Crippen molar-refractivity contribution in [1.82, 2.24) is 4.57 Å². The molecule has 1 aromatic carbocycles. The number of aromatic nitrogens is 1. The third kappa shape index (κ3) is 2.50. The molecule has 88 valence electrons. The molecule has 0 unspecified atom stereocenters. The molecular weight excluding hydrogens is 236 g/mol. The molecule has 0 bridgehead atoms. The van der Waals surface area contributed by atoms with Crippen LogP contribution in [0.4, 0.5) is 5.69 Å². The first kappa shape index (κ1) is 11.7. The molecule has 0 radical (unpaired) electrons. The Hall–Kier alpha value is -1.74. The molecule has 4 heteroatoms. The van der Waals surface area contributed by atoms with Crippen LogP contribution in [0.5, 0.6) is 0 Å². The van der Waals surface area contributed by atoms with E-state index >= 15 is 0 Å². The number of carbonyl (C=O) groups excluding carboxylic acids is 1. The van der Waals surface area contributed by atoms with Crippen molar-refractivity contribution in [2.24, 2.45) is 7.05 Å². The van der Waals surface area contributed by atoms with Gasteiger partial charge in [0, 0.05) is 24.0 Å². The minimum absolute atomic E-state index is 0.141. The van der Waals surface area contributed by atoms with Gasteiger partial charge in [0.2, 0.25) is 0 Å². The quantitative estimate of drug-likeness (QED) is 0.870. The zero-order valence-corrected chi connectivity index (χ0v) is 10.5. The lowest BCUT2D eigenvalue weighted by molar-refractivity contribution is 0.101. The van der Waals surface area contributed by atoms with Gasteiger partial charge in [-0.25, -0.2) is 0 Å². The highest BCUT2D eigenvalue weighted by Crippen LogP contribution is 2.20. The number of rotatable bonds is 2. The number of amides is 1. The molecule has 0 spiro atoms. The molecule has 0 atom stereocenters. The van der Waals surface area contributed by atoms with Crippen LogP contribution < -0.4 is 5.32 Å². The second-order valence-electron chi connectivity index (χ2n) is 3.92. The van der Waals surface area contributed by atoms with Crippen molar-refractivity contribution in [2.45, 2.75) is 6.92 Å². The number of hydrogen-bond acceptors (Lipinski definition) is 1. The Morgan fingerprint density at radius 2 is 2.12 bits per heavy atom. The first-order valence-electron chi connectivity index (χ1n) is 5.27. The fourth-order valence-corrected chi connectivity index (χ4v) is 1.74. The number of aryl methyl sites for hydroxylation is 2. The predicted octanol–water partition coefficient (Wildman–Crippen LogP) is 3.24. The van der Waals surface area contributed by atoms with Crippen LogP contribution in [0, 0.1) is 6.92 Å². The van der Waals surface area contributed by atoms with E-state index in [2.05, 4.69) is 5.32 Å². The molecule has 1 aromatic heterocycles. The second kappa shape index (κ2) is 4.63. The summed E-state index contributed by atoms with van der Waals surface area (Å²) in [5.74, 6) is -0.141. The molecule has 2 aromatic rings. The zero-order valence-electron chi connectivity index (χ0n) is 9.70. The number of benzene rings is 1. The third-order valence-corrected chi connectivity index (χ3v) is 3.01. The van der Waals surface area contributed by atoms with Crippen LogP contribution in [-0.2, 0) is 7.05 Å². The summed E-state index contributed by atoms with van der Waals surface area (Å²) in [6.45, 7) is 1.92. The van der Waals surface area contributed by atoms with Crippen LogP contribution in [0.1, 0.15) is 16.1 Å². The Morgan fingerprint density at radius 3 is 2.71 bits per heavy atom. The fourth-order valence-electron chi connectivity index (χ4n) is 1.56. The Labute approximate surface area is 105 Å². The van der Waals surface area contributed by atoms with Crippen molar-refractivity contribution in [3.8, 4) is 0 Å². The van der Waals surface area contributed by atoms with E-state index in [1.165, 1.54) is 0 Å². The molecular formula is C13H13ClN2O. The van der Waals surface area contributed by atoms with Gasteiger partial charge in [0.1, 0.15) is 5.69 Å². The van der Waals surface area contributed by atoms with Crippen LogP contribution in [0.25, 0.3) is 0 Å². The maximum Gasteiger partial charge on any atom is 0.272 e. The summed E-state index contributed by atoms with van der Waals surface area (Å²) in [4.78, 5) is 11.9. The smallest absolute Gasteiger partial charge is 0.272 e. The summed E-state index contributed by atoms with van der Waals surface area (Å²) in [7, 11) is 1.83. The summed E-state index contributed by atoms with van der Waals surface area (Å²) in [6.07, 6.45) is 1.83.